The molecule has 0 unspecified atom stereocenters. The SMILES string of the molecule is Cc1ccc(S(=O)(=O)N[C@H]2[C@@H]3OC(C)(C)O[C@@H]3C(Br)=C[C@H]2O[C@H]2[C@@H]3OC(C)(C)O[C@@H]3C(Br)=C[C@@H]2O)cc1. The highest BCUT2D eigenvalue weighted by molar-refractivity contribution is 9.12. The van der Waals surface area contributed by atoms with E-state index in [1.165, 1.54) is 0 Å². The minimum Gasteiger partial charge on any atom is -0.386 e. The van der Waals surface area contributed by atoms with E-state index in [0.29, 0.717) is 8.96 Å². The Morgan fingerprint density at radius 1 is 0.892 bits per heavy atom. The van der Waals surface area contributed by atoms with E-state index in [9.17, 15) is 13.5 Å². The van der Waals surface area contributed by atoms with E-state index in [-0.39, 0.29) is 4.90 Å². The summed E-state index contributed by atoms with van der Waals surface area (Å²) >= 11 is 7.05. The van der Waals surface area contributed by atoms with Crippen LogP contribution < -0.4 is 4.72 Å². The van der Waals surface area contributed by atoms with Gasteiger partial charge in [-0.1, -0.05) is 49.6 Å². The van der Waals surface area contributed by atoms with E-state index in [2.05, 4.69) is 36.6 Å². The van der Waals surface area contributed by atoms with Crippen LogP contribution in [0.4, 0.5) is 0 Å². The average Bonchev–Trinajstić information content (AvgIpc) is 3.29. The van der Waals surface area contributed by atoms with Crippen LogP contribution in [0.25, 0.3) is 0 Å². The average molecular weight is 665 g/mol. The molecule has 0 amide bonds. The maximum absolute atomic E-state index is 13.5. The molecule has 9 nitrogen and oxygen atoms in total. The first kappa shape index (κ1) is 27.9. The molecule has 0 radical (unpaired) electrons. The molecule has 12 heteroatoms. The number of ether oxygens (including phenoxy) is 5. The van der Waals surface area contributed by atoms with Crippen molar-refractivity contribution >= 4 is 41.9 Å². The minimum absolute atomic E-state index is 0.124. The monoisotopic (exact) mass is 663 g/mol. The molecule has 2 fully saturated rings. The molecule has 2 aliphatic carbocycles. The lowest BCUT2D eigenvalue weighted by atomic mass is 9.92. The summed E-state index contributed by atoms with van der Waals surface area (Å²) in [5.41, 5.74) is 0.945. The maximum Gasteiger partial charge on any atom is 0.241 e. The van der Waals surface area contributed by atoms with Gasteiger partial charge in [0.05, 0.1) is 17.0 Å². The van der Waals surface area contributed by atoms with Crippen LogP contribution in [-0.4, -0.2) is 73.9 Å². The van der Waals surface area contributed by atoms with Crippen LogP contribution in [0.5, 0.6) is 0 Å². The van der Waals surface area contributed by atoms with Gasteiger partial charge >= 0.3 is 0 Å². The molecule has 5 rings (SSSR count). The third kappa shape index (κ3) is 5.52. The minimum atomic E-state index is -3.95. The largest absolute Gasteiger partial charge is 0.386 e. The van der Waals surface area contributed by atoms with Crippen molar-refractivity contribution in [2.45, 2.75) is 99.9 Å². The van der Waals surface area contributed by atoms with Crippen LogP contribution in [-0.2, 0) is 33.7 Å². The Labute approximate surface area is 233 Å². The summed E-state index contributed by atoms with van der Waals surface area (Å²) in [6.45, 7) is 9.02. The van der Waals surface area contributed by atoms with Crippen molar-refractivity contribution in [1.82, 2.24) is 4.72 Å². The summed E-state index contributed by atoms with van der Waals surface area (Å²) in [4.78, 5) is 0.124. The third-order valence-corrected chi connectivity index (χ3v) is 9.67. The van der Waals surface area contributed by atoms with Crippen molar-refractivity contribution in [2.24, 2.45) is 0 Å². The predicted octanol–water partition coefficient (Wildman–Crippen LogP) is 3.38. The van der Waals surface area contributed by atoms with Gasteiger partial charge in [0.2, 0.25) is 10.0 Å². The molecule has 2 saturated heterocycles. The fourth-order valence-corrected chi connectivity index (χ4v) is 7.66. The van der Waals surface area contributed by atoms with Crippen LogP contribution in [0.1, 0.15) is 33.3 Å². The van der Waals surface area contributed by atoms with Crippen LogP contribution in [0, 0.1) is 6.92 Å². The van der Waals surface area contributed by atoms with Crippen LogP contribution >= 0.6 is 31.9 Å². The van der Waals surface area contributed by atoms with E-state index in [1.807, 2.05) is 6.92 Å². The Morgan fingerprint density at radius 2 is 1.43 bits per heavy atom. The van der Waals surface area contributed by atoms with Gasteiger partial charge in [0.1, 0.15) is 36.6 Å². The fraction of sp³-hybridized carbons (Fsp3) is 0.600. The summed E-state index contributed by atoms with van der Waals surface area (Å²) in [7, 11) is -3.95. The van der Waals surface area contributed by atoms with Crippen LogP contribution in [0.15, 0.2) is 50.3 Å². The van der Waals surface area contributed by atoms with Gasteiger partial charge in [-0.15, -0.1) is 0 Å². The molecule has 8 atom stereocenters. The van der Waals surface area contributed by atoms with Gasteiger partial charge in [-0.3, -0.25) is 0 Å². The second-order valence-corrected chi connectivity index (χ2v) is 14.2. The zero-order chi connectivity index (χ0) is 26.9. The van der Waals surface area contributed by atoms with Crippen molar-refractivity contribution < 1.29 is 37.2 Å². The number of sulfonamides is 1. The number of halogens is 2. The zero-order valence-electron chi connectivity index (χ0n) is 21.1. The lowest BCUT2D eigenvalue weighted by Crippen LogP contribution is -2.59. The first-order valence-electron chi connectivity index (χ1n) is 12.0. The molecule has 37 heavy (non-hydrogen) atoms. The van der Waals surface area contributed by atoms with Crippen molar-refractivity contribution in [2.75, 3.05) is 0 Å². The van der Waals surface area contributed by atoms with E-state index in [1.54, 1.807) is 64.1 Å². The molecule has 1 aromatic carbocycles. The Morgan fingerprint density at radius 3 is 2.05 bits per heavy atom. The van der Waals surface area contributed by atoms with Gasteiger partial charge in [0.15, 0.2) is 11.6 Å². The number of benzene rings is 1. The smallest absolute Gasteiger partial charge is 0.241 e. The van der Waals surface area contributed by atoms with Crippen LogP contribution in [0.2, 0.25) is 0 Å². The number of fused-ring (bicyclic) bond motifs is 2. The Hall–Kier alpha value is -0.670. The topological polar surface area (TPSA) is 113 Å². The van der Waals surface area contributed by atoms with Crippen molar-refractivity contribution in [3.63, 3.8) is 0 Å². The lowest BCUT2D eigenvalue weighted by molar-refractivity contribution is -0.177. The lowest BCUT2D eigenvalue weighted by Gasteiger charge is -2.40. The highest BCUT2D eigenvalue weighted by atomic mass is 79.9. The fourth-order valence-electron chi connectivity index (χ4n) is 5.16. The summed E-state index contributed by atoms with van der Waals surface area (Å²) in [6, 6.07) is 5.72. The molecule has 0 aromatic heterocycles. The first-order valence-corrected chi connectivity index (χ1v) is 15.1. The summed E-state index contributed by atoms with van der Waals surface area (Å²) < 4.78 is 61.9. The Balaban J connectivity index is 1.49. The molecule has 2 heterocycles. The number of aliphatic hydroxyl groups excluding tert-OH is 1. The Bertz CT molecular complexity index is 1220. The van der Waals surface area contributed by atoms with E-state index in [0.717, 1.165) is 5.56 Å². The van der Waals surface area contributed by atoms with Gasteiger partial charge in [-0.05, 0) is 58.9 Å². The number of hydrogen-bond acceptors (Lipinski definition) is 8. The van der Waals surface area contributed by atoms with E-state index in [4.69, 9.17) is 23.7 Å². The molecule has 2 aliphatic heterocycles. The normalized spacial score (nSPS) is 38.5. The molecule has 0 bridgehead atoms. The van der Waals surface area contributed by atoms with Crippen molar-refractivity contribution in [1.29, 1.82) is 0 Å². The van der Waals surface area contributed by atoms with E-state index < -0.39 is 70.4 Å². The second kappa shape index (κ2) is 9.76. The zero-order valence-corrected chi connectivity index (χ0v) is 25.0. The van der Waals surface area contributed by atoms with Gasteiger partial charge in [0.25, 0.3) is 0 Å². The number of hydrogen-bond donors (Lipinski definition) is 2. The molecule has 0 spiro atoms. The molecule has 2 N–H and O–H groups in total. The molecular weight excluding hydrogens is 634 g/mol. The molecule has 0 saturated carbocycles. The summed E-state index contributed by atoms with van der Waals surface area (Å²) in [5.74, 6) is -1.83. The highest BCUT2D eigenvalue weighted by Crippen LogP contribution is 2.44. The maximum atomic E-state index is 13.5. The highest BCUT2D eigenvalue weighted by Gasteiger charge is 2.56. The van der Waals surface area contributed by atoms with Gasteiger partial charge < -0.3 is 28.8 Å². The van der Waals surface area contributed by atoms with Gasteiger partial charge in [0, 0.05) is 8.96 Å². The Kier molecular flexibility index (Phi) is 7.35. The van der Waals surface area contributed by atoms with Crippen LogP contribution in [0.3, 0.4) is 0 Å². The molecule has 1 aromatic rings. The van der Waals surface area contributed by atoms with Crippen molar-refractivity contribution in [3.8, 4) is 0 Å². The summed E-state index contributed by atoms with van der Waals surface area (Å²) in [5, 5.41) is 11.0. The number of aryl methyl sites for hydroxylation is 1. The quantitative estimate of drug-likeness (QED) is 0.493. The predicted molar refractivity (Wildman–Crippen MR) is 142 cm³/mol. The first-order chi connectivity index (χ1) is 17.2. The molecular formula is C25H31Br2NO8S. The second-order valence-electron chi connectivity index (χ2n) is 10.7. The number of nitrogens with one attached hydrogen (secondary N) is 1. The molecule has 4 aliphatic rings. The third-order valence-electron chi connectivity index (χ3n) is 6.76. The van der Waals surface area contributed by atoms with Gasteiger partial charge in [-0.25, -0.2) is 13.1 Å². The van der Waals surface area contributed by atoms with Gasteiger partial charge in [-0.2, -0.15) is 0 Å². The summed E-state index contributed by atoms with van der Waals surface area (Å²) in [6.07, 6.45) is -1.65. The van der Waals surface area contributed by atoms with E-state index >= 15 is 0 Å². The number of aliphatic hydroxyl groups is 1. The number of rotatable bonds is 5. The molecule has 204 valence electrons. The van der Waals surface area contributed by atoms with Crippen molar-refractivity contribution in [3.05, 3.63) is 50.9 Å². The standard InChI is InChI=1S/C25H31Br2NO8S/c1-12-6-8-13(9-7-12)37(30,31)28-18-17(11-15(27)19-22(18)35-24(2,3)33-19)32-21-16(29)10-14(26)20-23(21)36-25(4,5)34-20/h6-11,16-23,28-29H,1-5H3/t16-,17+,18+,19+,20+,21+,22-,23+/m0/s1.